The van der Waals surface area contributed by atoms with Gasteiger partial charge >= 0.3 is 5.97 Å². The Hall–Kier alpha value is -2.03. The number of nitriles is 1. The van der Waals surface area contributed by atoms with Crippen molar-refractivity contribution in [1.29, 1.82) is 5.26 Å². The van der Waals surface area contributed by atoms with Gasteiger partial charge in [0.25, 0.3) is 0 Å². The SMILES string of the molecule is COc1cc(C#N)ccc1OC(=O)c1cc(Br)ccc1Cl. The van der Waals surface area contributed by atoms with E-state index in [2.05, 4.69) is 15.9 Å². The first-order chi connectivity index (χ1) is 10.0. The first-order valence-electron chi connectivity index (χ1n) is 5.80. The molecule has 0 N–H and O–H groups in total. The molecule has 0 aliphatic carbocycles. The van der Waals surface area contributed by atoms with Crippen molar-refractivity contribution in [1.82, 2.24) is 0 Å². The molecule has 0 radical (unpaired) electrons. The molecular weight excluding hydrogens is 358 g/mol. The fraction of sp³-hybridized carbons (Fsp3) is 0.0667. The second-order valence-corrected chi connectivity index (χ2v) is 5.31. The molecular formula is C15H9BrClNO3. The van der Waals surface area contributed by atoms with Gasteiger partial charge < -0.3 is 9.47 Å². The Bertz CT molecular complexity index is 740. The molecule has 6 heteroatoms. The Balaban J connectivity index is 2.32. The van der Waals surface area contributed by atoms with Gasteiger partial charge in [-0.3, -0.25) is 0 Å². The van der Waals surface area contributed by atoms with E-state index in [4.69, 9.17) is 26.3 Å². The van der Waals surface area contributed by atoms with Crippen LogP contribution in [0.5, 0.6) is 11.5 Å². The summed E-state index contributed by atoms with van der Waals surface area (Å²) >= 11 is 9.25. The average Bonchev–Trinajstić information content (AvgIpc) is 2.49. The fourth-order valence-corrected chi connectivity index (χ4v) is 2.19. The van der Waals surface area contributed by atoms with E-state index in [9.17, 15) is 4.79 Å². The van der Waals surface area contributed by atoms with Gasteiger partial charge in [-0.1, -0.05) is 27.5 Å². The number of halogens is 2. The van der Waals surface area contributed by atoms with Crippen LogP contribution in [0.25, 0.3) is 0 Å². The second kappa shape index (κ2) is 6.61. The van der Waals surface area contributed by atoms with E-state index in [1.165, 1.54) is 25.3 Å². The molecule has 2 aromatic rings. The highest BCUT2D eigenvalue weighted by molar-refractivity contribution is 9.10. The highest BCUT2D eigenvalue weighted by atomic mass is 79.9. The number of hydrogen-bond donors (Lipinski definition) is 0. The minimum atomic E-state index is -0.607. The summed E-state index contributed by atoms with van der Waals surface area (Å²) in [6, 6.07) is 11.4. The van der Waals surface area contributed by atoms with E-state index in [-0.39, 0.29) is 16.3 Å². The van der Waals surface area contributed by atoms with Crippen LogP contribution in [0.3, 0.4) is 0 Å². The monoisotopic (exact) mass is 365 g/mol. The molecule has 0 saturated carbocycles. The van der Waals surface area contributed by atoms with Crippen LogP contribution in [0.1, 0.15) is 15.9 Å². The maximum Gasteiger partial charge on any atom is 0.345 e. The number of nitrogens with zero attached hydrogens (tertiary/aromatic N) is 1. The van der Waals surface area contributed by atoms with Crippen molar-refractivity contribution in [3.05, 3.63) is 57.0 Å². The van der Waals surface area contributed by atoms with Crippen molar-refractivity contribution in [2.75, 3.05) is 7.11 Å². The van der Waals surface area contributed by atoms with Crippen molar-refractivity contribution >= 4 is 33.5 Å². The van der Waals surface area contributed by atoms with Crippen LogP contribution in [0.15, 0.2) is 40.9 Å². The largest absolute Gasteiger partial charge is 0.493 e. The number of rotatable bonds is 3. The molecule has 4 nitrogen and oxygen atoms in total. The van der Waals surface area contributed by atoms with Gasteiger partial charge in [0.05, 0.1) is 29.3 Å². The molecule has 0 atom stereocenters. The second-order valence-electron chi connectivity index (χ2n) is 3.99. The zero-order chi connectivity index (χ0) is 15.4. The van der Waals surface area contributed by atoms with Gasteiger partial charge in [-0.05, 0) is 30.3 Å². The number of ether oxygens (including phenoxy) is 2. The van der Waals surface area contributed by atoms with Crippen molar-refractivity contribution in [3.63, 3.8) is 0 Å². The molecule has 0 aromatic heterocycles. The minimum absolute atomic E-state index is 0.220. The Kier molecular flexibility index (Phi) is 4.84. The Morgan fingerprint density at radius 3 is 2.67 bits per heavy atom. The maximum absolute atomic E-state index is 12.2. The lowest BCUT2D eigenvalue weighted by atomic mass is 10.2. The average molecular weight is 367 g/mol. The summed E-state index contributed by atoms with van der Waals surface area (Å²) in [5, 5.41) is 9.13. The number of benzene rings is 2. The quantitative estimate of drug-likeness (QED) is 0.603. The Morgan fingerprint density at radius 2 is 2.00 bits per heavy atom. The third-order valence-electron chi connectivity index (χ3n) is 2.64. The van der Waals surface area contributed by atoms with Crippen LogP contribution >= 0.6 is 27.5 Å². The van der Waals surface area contributed by atoms with Crippen LogP contribution in [0, 0.1) is 11.3 Å². The highest BCUT2D eigenvalue weighted by Crippen LogP contribution is 2.30. The zero-order valence-corrected chi connectivity index (χ0v) is 13.2. The summed E-state index contributed by atoms with van der Waals surface area (Å²) in [7, 11) is 1.43. The van der Waals surface area contributed by atoms with Gasteiger partial charge in [-0.2, -0.15) is 5.26 Å². The number of hydrogen-bond acceptors (Lipinski definition) is 4. The predicted octanol–water partition coefficient (Wildman–Crippen LogP) is 4.20. The van der Waals surface area contributed by atoms with Gasteiger partial charge in [0.1, 0.15) is 0 Å². The number of carbonyl (C=O) groups is 1. The molecule has 2 aromatic carbocycles. The topological polar surface area (TPSA) is 59.3 Å². The van der Waals surface area contributed by atoms with Crippen LogP contribution in [0.4, 0.5) is 0 Å². The van der Waals surface area contributed by atoms with Gasteiger partial charge in [0, 0.05) is 10.5 Å². The van der Waals surface area contributed by atoms with Crippen LogP contribution in [0.2, 0.25) is 5.02 Å². The van der Waals surface area contributed by atoms with Crippen LogP contribution < -0.4 is 9.47 Å². The molecule has 0 aliphatic rings. The van der Waals surface area contributed by atoms with Crippen molar-refractivity contribution in [2.45, 2.75) is 0 Å². The first kappa shape index (κ1) is 15.4. The summed E-state index contributed by atoms with van der Waals surface area (Å²) in [6.07, 6.45) is 0. The molecule has 106 valence electrons. The zero-order valence-electron chi connectivity index (χ0n) is 10.9. The summed E-state index contributed by atoms with van der Waals surface area (Å²) in [5.74, 6) is -0.0876. The molecule has 0 saturated heterocycles. The molecule has 0 unspecified atom stereocenters. The molecule has 2 rings (SSSR count). The molecule has 21 heavy (non-hydrogen) atoms. The fourth-order valence-electron chi connectivity index (χ4n) is 1.63. The predicted molar refractivity (Wildman–Crippen MR) is 81.8 cm³/mol. The smallest absolute Gasteiger partial charge is 0.345 e. The van der Waals surface area contributed by atoms with E-state index in [0.29, 0.717) is 15.8 Å². The Labute approximate surface area is 135 Å². The molecule has 0 heterocycles. The van der Waals surface area contributed by atoms with E-state index in [0.717, 1.165) is 0 Å². The summed E-state index contributed by atoms with van der Waals surface area (Å²) in [4.78, 5) is 12.2. The van der Waals surface area contributed by atoms with E-state index >= 15 is 0 Å². The highest BCUT2D eigenvalue weighted by Gasteiger charge is 2.16. The first-order valence-corrected chi connectivity index (χ1v) is 6.97. The number of carbonyl (C=O) groups excluding carboxylic acids is 1. The van der Waals surface area contributed by atoms with Gasteiger partial charge in [0.15, 0.2) is 11.5 Å². The van der Waals surface area contributed by atoms with Gasteiger partial charge in [-0.25, -0.2) is 4.79 Å². The van der Waals surface area contributed by atoms with Crippen molar-refractivity contribution in [2.24, 2.45) is 0 Å². The van der Waals surface area contributed by atoms with Crippen molar-refractivity contribution in [3.8, 4) is 17.6 Å². The lowest BCUT2D eigenvalue weighted by Gasteiger charge is -2.10. The lowest BCUT2D eigenvalue weighted by molar-refractivity contribution is 0.0730. The molecule has 0 fully saturated rings. The van der Waals surface area contributed by atoms with E-state index in [1.807, 2.05) is 6.07 Å². The van der Waals surface area contributed by atoms with Crippen molar-refractivity contribution < 1.29 is 14.3 Å². The molecule has 0 bridgehead atoms. The Morgan fingerprint density at radius 1 is 1.24 bits per heavy atom. The van der Waals surface area contributed by atoms with E-state index < -0.39 is 5.97 Å². The third kappa shape index (κ3) is 3.54. The standard InChI is InChI=1S/C15H9BrClNO3/c1-20-14-6-9(8-18)2-5-13(14)21-15(19)11-7-10(16)3-4-12(11)17/h2-7H,1H3. The maximum atomic E-state index is 12.2. The third-order valence-corrected chi connectivity index (χ3v) is 3.47. The minimum Gasteiger partial charge on any atom is -0.493 e. The summed E-state index contributed by atoms with van der Waals surface area (Å²) in [5.41, 5.74) is 0.643. The summed E-state index contributed by atoms with van der Waals surface area (Å²) in [6.45, 7) is 0. The van der Waals surface area contributed by atoms with Gasteiger partial charge in [0.2, 0.25) is 0 Å². The number of esters is 1. The lowest BCUT2D eigenvalue weighted by Crippen LogP contribution is -2.10. The van der Waals surface area contributed by atoms with Crippen LogP contribution in [-0.4, -0.2) is 13.1 Å². The molecule has 0 aliphatic heterocycles. The van der Waals surface area contributed by atoms with E-state index in [1.54, 1.807) is 18.2 Å². The molecule has 0 spiro atoms. The summed E-state index contributed by atoms with van der Waals surface area (Å²) < 4.78 is 11.1. The molecule has 0 amide bonds. The number of methoxy groups -OCH3 is 1. The van der Waals surface area contributed by atoms with Gasteiger partial charge in [-0.15, -0.1) is 0 Å². The van der Waals surface area contributed by atoms with Crippen LogP contribution in [-0.2, 0) is 0 Å². The normalized spacial score (nSPS) is 9.81.